The molecule has 0 unspecified atom stereocenters. The second-order valence-electron chi connectivity index (χ2n) is 4.38. The number of benzene rings is 1. The van der Waals surface area contributed by atoms with Gasteiger partial charge in [-0.2, -0.15) is 0 Å². The molecule has 20 heavy (non-hydrogen) atoms. The van der Waals surface area contributed by atoms with Crippen LogP contribution in [0, 0.1) is 0 Å². The van der Waals surface area contributed by atoms with Gasteiger partial charge in [0.05, 0.1) is 5.69 Å². The zero-order chi connectivity index (χ0) is 14.3. The number of anilines is 1. The molecule has 0 aliphatic carbocycles. The number of fused-ring (bicyclic) bond motifs is 1. The largest absolute Gasteiger partial charge is 0.477 e. The van der Waals surface area contributed by atoms with E-state index in [9.17, 15) is 9.90 Å². The maximum Gasteiger partial charge on any atom is 0.348 e. The quantitative estimate of drug-likeness (QED) is 0.908. The molecule has 6 heteroatoms. The lowest BCUT2D eigenvalue weighted by atomic mass is 10.1. The summed E-state index contributed by atoms with van der Waals surface area (Å²) in [5.41, 5.74) is 8.06. The molecule has 1 aromatic carbocycles. The third-order valence-electron chi connectivity index (χ3n) is 3.23. The number of aromatic carboxylic acids is 1. The van der Waals surface area contributed by atoms with Crippen molar-refractivity contribution in [2.75, 3.05) is 12.5 Å². The van der Waals surface area contributed by atoms with Gasteiger partial charge in [0, 0.05) is 4.88 Å². The standard InChI is InChI=1S/C14H13NO4S/c1-2-8-11(15)13(14(16)17)20-12(8)7-3-4-9-10(5-7)19-6-18-9/h3-5H,2,6,15H2,1H3,(H,16,17). The SMILES string of the molecule is CCc1c(-c2ccc3c(c2)OCO3)sc(C(=O)O)c1N. The Labute approximate surface area is 119 Å². The van der Waals surface area contributed by atoms with E-state index >= 15 is 0 Å². The van der Waals surface area contributed by atoms with Crippen LogP contribution in [0.2, 0.25) is 0 Å². The highest BCUT2D eigenvalue weighted by molar-refractivity contribution is 7.18. The summed E-state index contributed by atoms with van der Waals surface area (Å²) < 4.78 is 10.6. The molecule has 2 aromatic rings. The van der Waals surface area contributed by atoms with Gasteiger partial charge in [0.1, 0.15) is 4.88 Å². The monoisotopic (exact) mass is 291 g/mol. The van der Waals surface area contributed by atoms with Gasteiger partial charge in [0.15, 0.2) is 11.5 Å². The van der Waals surface area contributed by atoms with Crippen molar-refractivity contribution in [2.24, 2.45) is 0 Å². The molecule has 1 aromatic heterocycles. The number of carbonyl (C=O) groups is 1. The number of carboxylic acids is 1. The molecular weight excluding hydrogens is 278 g/mol. The Morgan fingerprint density at radius 2 is 2.15 bits per heavy atom. The summed E-state index contributed by atoms with van der Waals surface area (Å²) in [4.78, 5) is 12.3. The third kappa shape index (κ3) is 1.89. The van der Waals surface area contributed by atoms with Crippen molar-refractivity contribution < 1.29 is 19.4 Å². The molecule has 0 fully saturated rings. The molecular formula is C14H13NO4S. The van der Waals surface area contributed by atoms with E-state index in [-0.39, 0.29) is 11.7 Å². The zero-order valence-electron chi connectivity index (χ0n) is 10.8. The summed E-state index contributed by atoms with van der Waals surface area (Å²) in [5, 5.41) is 9.19. The molecule has 3 N–H and O–H groups in total. The van der Waals surface area contributed by atoms with Crippen molar-refractivity contribution in [3.8, 4) is 21.9 Å². The van der Waals surface area contributed by atoms with Crippen LogP contribution >= 0.6 is 11.3 Å². The number of hydrogen-bond donors (Lipinski definition) is 2. The summed E-state index contributed by atoms with van der Waals surface area (Å²) >= 11 is 1.20. The Morgan fingerprint density at radius 3 is 2.85 bits per heavy atom. The Morgan fingerprint density at radius 1 is 1.40 bits per heavy atom. The van der Waals surface area contributed by atoms with Crippen LogP contribution in [0.4, 0.5) is 5.69 Å². The molecule has 1 aliphatic heterocycles. The molecule has 0 saturated heterocycles. The number of rotatable bonds is 3. The van der Waals surface area contributed by atoms with Crippen LogP contribution in [0.1, 0.15) is 22.2 Å². The fourth-order valence-corrected chi connectivity index (χ4v) is 3.41. The van der Waals surface area contributed by atoms with E-state index in [0.29, 0.717) is 23.6 Å². The molecule has 0 bridgehead atoms. The van der Waals surface area contributed by atoms with E-state index in [0.717, 1.165) is 16.0 Å². The normalized spacial score (nSPS) is 12.7. The van der Waals surface area contributed by atoms with Crippen LogP contribution in [-0.2, 0) is 6.42 Å². The van der Waals surface area contributed by atoms with Crippen LogP contribution in [0.15, 0.2) is 18.2 Å². The minimum atomic E-state index is -0.991. The first-order valence-corrected chi connectivity index (χ1v) is 6.98. The summed E-state index contributed by atoms with van der Waals surface area (Å²) in [6.07, 6.45) is 0.680. The average molecular weight is 291 g/mol. The van der Waals surface area contributed by atoms with Crippen molar-refractivity contribution in [1.82, 2.24) is 0 Å². The Bertz CT molecular complexity index is 693. The first-order valence-electron chi connectivity index (χ1n) is 6.16. The maximum atomic E-state index is 11.2. The van der Waals surface area contributed by atoms with Crippen molar-refractivity contribution in [2.45, 2.75) is 13.3 Å². The molecule has 3 rings (SSSR count). The van der Waals surface area contributed by atoms with E-state index in [1.807, 2.05) is 25.1 Å². The van der Waals surface area contributed by atoms with E-state index in [2.05, 4.69) is 0 Å². The molecule has 0 atom stereocenters. The maximum absolute atomic E-state index is 11.2. The van der Waals surface area contributed by atoms with Crippen molar-refractivity contribution >= 4 is 23.0 Å². The van der Waals surface area contributed by atoms with Crippen molar-refractivity contribution in [3.05, 3.63) is 28.6 Å². The molecule has 5 nitrogen and oxygen atoms in total. The van der Waals surface area contributed by atoms with Crippen LogP contribution < -0.4 is 15.2 Å². The highest BCUT2D eigenvalue weighted by Gasteiger charge is 2.22. The molecule has 2 heterocycles. The summed E-state index contributed by atoms with van der Waals surface area (Å²) in [5.74, 6) is 0.386. The van der Waals surface area contributed by atoms with Gasteiger partial charge < -0.3 is 20.3 Å². The number of nitrogen functional groups attached to an aromatic ring is 1. The van der Waals surface area contributed by atoms with Gasteiger partial charge in [-0.05, 0) is 35.7 Å². The lowest BCUT2D eigenvalue weighted by Crippen LogP contribution is -1.99. The van der Waals surface area contributed by atoms with Crippen LogP contribution in [0.25, 0.3) is 10.4 Å². The average Bonchev–Trinajstić information content (AvgIpc) is 3.01. The minimum absolute atomic E-state index is 0.189. The number of nitrogens with two attached hydrogens (primary N) is 1. The third-order valence-corrected chi connectivity index (χ3v) is 4.52. The van der Waals surface area contributed by atoms with Gasteiger partial charge in [-0.25, -0.2) is 4.79 Å². The molecule has 0 spiro atoms. The first-order chi connectivity index (χ1) is 9.61. The summed E-state index contributed by atoms with van der Waals surface area (Å²) in [7, 11) is 0. The molecule has 104 valence electrons. The highest BCUT2D eigenvalue weighted by Crippen LogP contribution is 2.42. The minimum Gasteiger partial charge on any atom is -0.477 e. The van der Waals surface area contributed by atoms with Crippen LogP contribution in [0.3, 0.4) is 0 Å². The van der Waals surface area contributed by atoms with E-state index in [4.69, 9.17) is 15.2 Å². The number of hydrogen-bond acceptors (Lipinski definition) is 5. The highest BCUT2D eigenvalue weighted by atomic mass is 32.1. The lowest BCUT2D eigenvalue weighted by Gasteiger charge is -2.04. The fraction of sp³-hybridized carbons (Fsp3) is 0.214. The van der Waals surface area contributed by atoms with Crippen LogP contribution in [0.5, 0.6) is 11.5 Å². The first kappa shape index (κ1) is 12.8. The number of ether oxygens (including phenoxy) is 2. The Hall–Kier alpha value is -2.21. The summed E-state index contributed by atoms with van der Waals surface area (Å²) in [6.45, 7) is 2.17. The van der Waals surface area contributed by atoms with Gasteiger partial charge in [-0.1, -0.05) is 6.92 Å². The van der Waals surface area contributed by atoms with Crippen molar-refractivity contribution in [1.29, 1.82) is 0 Å². The van der Waals surface area contributed by atoms with Gasteiger partial charge in [0.2, 0.25) is 6.79 Å². The number of thiophene rings is 1. The van der Waals surface area contributed by atoms with Gasteiger partial charge in [-0.3, -0.25) is 0 Å². The lowest BCUT2D eigenvalue weighted by molar-refractivity contribution is 0.0703. The van der Waals surface area contributed by atoms with Gasteiger partial charge in [0.25, 0.3) is 0 Å². The summed E-state index contributed by atoms with van der Waals surface area (Å²) in [6, 6.07) is 5.58. The van der Waals surface area contributed by atoms with Crippen molar-refractivity contribution in [3.63, 3.8) is 0 Å². The molecule has 0 radical (unpaired) electrons. The zero-order valence-corrected chi connectivity index (χ0v) is 11.6. The van der Waals surface area contributed by atoms with Crippen LogP contribution in [-0.4, -0.2) is 17.9 Å². The Balaban J connectivity index is 2.14. The predicted molar refractivity (Wildman–Crippen MR) is 76.6 cm³/mol. The molecule has 0 amide bonds. The van der Waals surface area contributed by atoms with Gasteiger partial charge in [-0.15, -0.1) is 11.3 Å². The second kappa shape index (κ2) is 4.72. The Kier molecular flexibility index (Phi) is 3.02. The topological polar surface area (TPSA) is 81.8 Å². The second-order valence-corrected chi connectivity index (χ2v) is 5.40. The smallest absolute Gasteiger partial charge is 0.348 e. The molecule has 0 saturated carbocycles. The number of carboxylic acid groups (broad SMARTS) is 1. The fourth-order valence-electron chi connectivity index (χ4n) is 2.26. The van der Waals surface area contributed by atoms with E-state index < -0.39 is 5.97 Å². The predicted octanol–water partition coefficient (Wildman–Crippen LogP) is 2.99. The van der Waals surface area contributed by atoms with E-state index in [1.165, 1.54) is 11.3 Å². The van der Waals surface area contributed by atoms with Gasteiger partial charge >= 0.3 is 5.97 Å². The van der Waals surface area contributed by atoms with E-state index in [1.54, 1.807) is 0 Å². The molecule has 1 aliphatic rings.